The third-order valence-electron chi connectivity index (χ3n) is 2.51. The number of halogens is 1. The van der Waals surface area contributed by atoms with Gasteiger partial charge in [-0.15, -0.1) is 0 Å². The Balaban J connectivity index is 3.43. The summed E-state index contributed by atoms with van der Waals surface area (Å²) in [6.07, 6.45) is 1.91. The van der Waals surface area contributed by atoms with Gasteiger partial charge in [-0.2, -0.15) is 0 Å². The topological polar surface area (TPSA) is 44.5 Å². The molecule has 0 fully saturated rings. The van der Waals surface area contributed by atoms with Crippen molar-refractivity contribution in [2.24, 2.45) is 5.73 Å². The molecule has 0 aromatic rings. The Morgan fingerprint density at radius 2 is 1.81 bits per heavy atom. The molecular formula is C12H26FNO2. The predicted octanol–water partition coefficient (Wildman–Crippen LogP) is 2.29. The highest BCUT2D eigenvalue weighted by atomic mass is 19.1. The molecular weight excluding hydrogens is 209 g/mol. The zero-order chi connectivity index (χ0) is 12.4. The first-order chi connectivity index (χ1) is 7.54. The van der Waals surface area contributed by atoms with Gasteiger partial charge < -0.3 is 15.2 Å². The highest BCUT2D eigenvalue weighted by molar-refractivity contribution is 4.79. The maximum absolute atomic E-state index is 13.3. The van der Waals surface area contributed by atoms with E-state index in [-0.39, 0.29) is 6.54 Å². The van der Waals surface area contributed by atoms with Crippen LogP contribution in [0, 0.1) is 0 Å². The fourth-order valence-electron chi connectivity index (χ4n) is 1.22. The van der Waals surface area contributed by atoms with E-state index in [1.54, 1.807) is 13.8 Å². The molecule has 0 amide bonds. The number of alkyl halides is 1. The van der Waals surface area contributed by atoms with Gasteiger partial charge in [0.15, 0.2) is 0 Å². The zero-order valence-corrected chi connectivity index (χ0v) is 10.8. The van der Waals surface area contributed by atoms with Crippen LogP contribution in [0.2, 0.25) is 0 Å². The van der Waals surface area contributed by atoms with Crippen molar-refractivity contribution in [1.29, 1.82) is 0 Å². The average molecular weight is 235 g/mol. The minimum atomic E-state index is -1.12. The van der Waals surface area contributed by atoms with Crippen molar-refractivity contribution in [1.82, 2.24) is 0 Å². The van der Waals surface area contributed by atoms with Crippen LogP contribution < -0.4 is 5.73 Å². The van der Waals surface area contributed by atoms with Crippen molar-refractivity contribution in [3.05, 3.63) is 0 Å². The van der Waals surface area contributed by atoms with Gasteiger partial charge in [-0.1, -0.05) is 13.3 Å². The maximum atomic E-state index is 13.3. The van der Waals surface area contributed by atoms with Crippen LogP contribution in [0.3, 0.4) is 0 Å². The van der Waals surface area contributed by atoms with Crippen molar-refractivity contribution in [3.8, 4) is 0 Å². The number of hydrogen-bond donors (Lipinski definition) is 1. The van der Waals surface area contributed by atoms with Crippen LogP contribution >= 0.6 is 0 Å². The molecule has 0 aliphatic heterocycles. The van der Waals surface area contributed by atoms with Gasteiger partial charge in [-0.05, 0) is 26.7 Å². The normalized spacial score (nSPS) is 14.1. The standard InChI is InChI=1S/C12H26FNO2/c1-4-5-7-15-8-6-9-16-12(2,3)11(13)10-14/h11H,4-10,14H2,1-3H3. The quantitative estimate of drug-likeness (QED) is 0.591. The number of hydrogen-bond acceptors (Lipinski definition) is 3. The van der Waals surface area contributed by atoms with Crippen molar-refractivity contribution >= 4 is 0 Å². The summed E-state index contributed by atoms with van der Waals surface area (Å²) in [5.74, 6) is 0. The molecule has 16 heavy (non-hydrogen) atoms. The SMILES string of the molecule is CCCCOCCCOC(C)(C)C(F)CN. The number of ether oxygens (including phenoxy) is 2. The van der Waals surface area contributed by atoms with Crippen LogP contribution in [0.15, 0.2) is 0 Å². The molecule has 0 radical (unpaired) electrons. The van der Waals surface area contributed by atoms with Crippen molar-refractivity contribution in [2.75, 3.05) is 26.4 Å². The lowest BCUT2D eigenvalue weighted by Gasteiger charge is -2.28. The summed E-state index contributed by atoms with van der Waals surface area (Å²) in [5, 5.41) is 0. The summed E-state index contributed by atoms with van der Waals surface area (Å²) in [5.41, 5.74) is 4.47. The van der Waals surface area contributed by atoms with Gasteiger partial charge in [0, 0.05) is 26.4 Å². The first kappa shape index (κ1) is 15.8. The van der Waals surface area contributed by atoms with Gasteiger partial charge in [0.05, 0.1) is 5.60 Å². The van der Waals surface area contributed by atoms with Crippen LogP contribution in [0.25, 0.3) is 0 Å². The molecule has 0 bridgehead atoms. The van der Waals surface area contributed by atoms with E-state index in [1.807, 2.05) is 0 Å². The Morgan fingerprint density at radius 1 is 1.19 bits per heavy atom. The molecule has 2 N–H and O–H groups in total. The second-order valence-corrected chi connectivity index (χ2v) is 4.47. The monoisotopic (exact) mass is 235 g/mol. The Labute approximate surface area is 98.5 Å². The number of unbranched alkanes of at least 4 members (excludes halogenated alkanes) is 1. The lowest BCUT2D eigenvalue weighted by atomic mass is 10.0. The highest BCUT2D eigenvalue weighted by Gasteiger charge is 2.28. The van der Waals surface area contributed by atoms with Crippen LogP contribution in [0.5, 0.6) is 0 Å². The molecule has 0 spiro atoms. The summed E-state index contributed by atoms with van der Waals surface area (Å²) < 4.78 is 24.1. The Morgan fingerprint density at radius 3 is 2.38 bits per heavy atom. The number of rotatable bonds is 10. The molecule has 0 saturated carbocycles. The molecule has 0 aliphatic rings. The van der Waals surface area contributed by atoms with Gasteiger partial charge in [-0.3, -0.25) is 0 Å². The van der Waals surface area contributed by atoms with Gasteiger partial charge >= 0.3 is 0 Å². The Bertz CT molecular complexity index is 165. The van der Waals surface area contributed by atoms with Crippen molar-refractivity contribution < 1.29 is 13.9 Å². The van der Waals surface area contributed by atoms with Crippen molar-refractivity contribution in [2.45, 2.75) is 51.8 Å². The zero-order valence-electron chi connectivity index (χ0n) is 10.8. The van der Waals surface area contributed by atoms with E-state index in [0.29, 0.717) is 13.2 Å². The smallest absolute Gasteiger partial charge is 0.140 e. The van der Waals surface area contributed by atoms with E-state index in [2.05, 4.69) is 6.92 Å². The summed E-state index contributed by atoms with van der Waals surface area (Å²) >= 11 is 0. The Hall–Kier alpha value is -0.190. The van der Waals surface area contributed by atoms with Gasteiger partial charge in [0.2, 0.25) is 0 Å². The molecule has 0 aromatic heterocycles. The summed E-state index contributed by atoms with van der Waals surface area (Å²) in [6, 6.07) is 0. The highest BCUT2D eigenvalue weighted by Crippen LogP contribution is 2.17. The van der Waals surface area contributed by atoms with Crippen molar-refractivity contribution in [3.63, 3.8) is 0 Å². The van der Waals surface area contributed by atoms with Crippen LogP contribution in [-0.2, 0) is 9.47 Å². The molecule has 98 valence electrons. The summed E-state index contributed by atoms with van der Waals surface area (Å²) in [4.78, 5) is 0. The first-order valence-electron chi connectivity index (χ1n) is 6.10. The summed E-state index contributed by atoms with van der Waals surface area (Å²) in [6.45, 7) is 7.57. The number of nitrogens with two attached hydrogens (primary N) is 1. The molecule has 0 rings (SSSR count). The van der Waals surface area contributed by atoms with E-state index in [1.165, 1.54) is 0 Å². The second-order valence-electron chi connectivity index (χ2n) is 4.47. The van der Waals surface area contributed by atoms with E-state index < -0.39 is 11.8 Å². The van der Waals surface area contributed by atoms with Gasteiger partial charge in [0.25, 0.3) is 0 Å². The lowest BCUT2D eigenvalue weighted by Crippen LogP contribution is -2.41. The predicted molar refractivity (Wildman–Crippen MR) is 64.3 cm³/mol. The second kappa shape index (κ2) is 8.90. The van der Waals surface area contributed by atoms with Gasteiger partial charge in [0.1, 0.15) is 6.17 Å². The minimum Gasteiger partial charge on any atom is -0.381 e. The molecule has 0 aromatic carbocycles. The molecule has 4 heteroatoms. The largest absolute Gasteiger partial charge is 0.381 e. The molecule has 0 saturated heterocycles. The third-order valence-corrected chi connectivity index (χ3v) is 2.51. The lowest BCUT2D eigenvalue weighted by molar-refractivity contribution is -0.0730. The van der Waals surface area contributed by atoms with Crippen LogP contribution in [-0.4, -0.2) is 38.1 Å². The fourth-order valence-corrected chi connectivity index (χ4v) is 1.22. The Kier molecular flexibility index (Phi) is 8.80. The minimum absolute atomic E-state index is 0. The molecule has 3 nitrogen and oxygen atoms in total. The summed E-state index contributed by atoms with van der Waals surface area (Å²) in [7, 11) is 0. The van der Waals surface area contributed by atoms with Gasteiger partial charge in [-0.25, -0.2) is 4.39 Å². The molecule has 0 heterocycles. The maximum Gasteiger partial charge on any atom is 0.140 e. The van der Waals surface area contributed by atoms with E-state index in [0.717, 1.165) is 25.9 Å². The van der Waals surface area contributed by atoms with E-state index in [4.69, 9.17) is 15.2 Å². The van der Waals surface area contributed by atoms with Crippen LogP contribution in [0.1, 0.15) is 40.0 Å². The third kappa shape index (κ3) is 7.14. The molecule has 0 aliphatic carbocycles. The van der Waals surface area contributed by atoms with Crippen LogP contribution in [0.4, 0.5) is 4.39 Å². The van der Waals surface area contributed by atoms with E-state index in [9.17, 15) is 4.39 Å². The fraction of sp³-hybridized carbons (Fsp3) is 1.00. The van der Waals surface area contributed by atoms with E-state index >= 15 is 0 Å². The average Bonchev–Trinajstić information content (AvgIpc) is 2.26. The molecule has 1 atom stereocenters. The molecule has 1 unspecified atom stereocenters. The first-order valence-corrected chi connectivity index (χ1v) is 6.10.